The normalized spacial score (nSPS) is 18.8. The Balaban J connectivity index is 1.46. The zero-order valence-electron chi connectivity index (χ0n) is 17.8. The number of nitrogens with zero attached hydrogens (tertiary/aromatic N) is 3. The lowest BCUT2D eigenvalue weighted by Crippen LogP contribution is -2.38. The molecular weight excluding hydrogens is 402 g/mol. The summed E-state index contributed by atoms with van der Waals surface area (Å²) in [5.41, 5.74) is 2.09. The molecule has 0 radical (unpaired) electrons. The van der Waals surface area contributed by atoms with Crippen molar-refractivity contribution >= 4 is 15.9 Å². The van der Waals surface area contributed by atoms with Gasteiger partial charge in [-0.3, -0.25) is 4.79 Å². The van der Waals surface area contributed by atoms with Gasteiger partial charge in [0.25, 0.3) is 5.91 Å². The van der Waals surface area contributed by atoms with Gasteiger partial charge in [-0.1, -0.05) is 12.1 Å². The lowest BCUT2D eigenvalue weighted by atomic mass is 9.98. The van der Waals surface area contributed by atoms with E-state index in [2.05, 4.69) is 4.98 Å². The van der Waals surface area contributed by atoms with Crippen molar-refractivity contribution < 1.29 is 17.6 Å². The smallest absolute Gasteiger partial charge is 0.276 e. The Morgan fingerprint density at radius 3 is 2.40 bits per heavy atom. The van der Waals surface area contributed by atoms with E-state index >= 15 is 0 Å². The van der Waals surface area contributed by atoms with Crippen molar-refractivity contribution in [3.05, 3.63) is 46.7 Å². The van der Waals surface area contributed by atoms with Crippen LogP contribution in [0.5, 0.6) is 0 Å². The van der Waals surface area contributed by atoms with Gasteiger partial charge in [0.1, 0.15) is 5.76 Å². The first kappa shape index (κ1) is 21.1. The minimum absolute atomic E-state index is 0.0221. The van der Waals surface area contributed by atoms with Gasteiger partial charge in [-0.15, -0.1) is 0 Å². The second kappa shape index (κ2) is 8.15. The minimum Gasteiger partial charge on any atom is -0.445 e. The molecule has 0 spiro atoms. The first-order valence-electron chi connectivity index (χ1n) is 10.6. The zero-order chi connectivity index (χ0) is 21.5. The molecule has 7 nitrogen and oxygen atoms in total. The molecule has 0 saturated carbocycles. The molecule has 0 N–H and O–H groups in total. The number of aromatic nitrogens is 1. The van der Waals surface area contributed by atoms with Crippen molar-refractivity contribution in [3.8, 4) is 0 Å². The Bertz CT molecular complexity index is 1050. The average molecular weight is 432 g/mol. The third-order valence-corrected chi connectivity index (χ3v) is 8.21. The van der Waals surface area contributed by atoms with Crippen LogP contribution in [0.3, 0.4) is 0 Å². The van der Waals surface area contributed by atoms with Gasteiger partial charge in [0, 0.05) is 32.1 Å². The number of likely N-dealkylation sites (tertiary alicyclic amines) is 1. The third-order valence-electron chi connectivity index (χ3n) is 6.17. The van der Waals surface area contributed by atoms with Crippen molar-refractivity contribution in [2.75, 3.05) is 26.2 Å². The monoisotopic (exact) mass is 431 g/mol. The van der Waals surface area contributed by atoms with E-state index in [1.54, 1.807) is 17.3 Å². The van der Waals surface area contributed by atoms with E-state index in [9.17, 15) is 13.2 Å². The molecule has 3 heterocycles. The maximum atomic E-state index is 13.1. The van der Waals surface area contributed by atoms with Crippen LogP contribution in [0.1, 0.15) is 64.9 Å². The number of benzene rings is 1. The predicted molar refractivity (Wildman–Crippen MR) is 113 cm³/mol. The fraction of sp³-hybridized carbons (Fsp3) is 0.545. The van der Waals surface area contributed by atoms with Gasteiger partial charge in [0.15, 0.2) is 11.6 Å². The van der Waals surface area contributed by atoms with E-state index in [0.717, 1.165) is 37.1 Å². The SMILES string of the molecule is Cc1ccc(C)c(S(=O)(=O)N2CCC(c3nc(C(=O)N4CCCC4)c(C)o3)CC2)c1. The molecule has 1 amide bonds. The molecule has 0 unspecified atom stereocenters. The van der Waals surface area contributed by atoms with E-state index in [4.69, 9.17) is 4.42 Å². The number of aryl methyl sites for hydroxylation is 3. The topological polar surface area (TPSA) is 83.7 Å². The van der Waals surface area contributed by atoms with Crippen molar-refractivity contribution in [2.45, 2.75) is 57.3 Å². The first-order valence-corrected chi connectivity index (χ1v) is 12.1. The van der Waals surface area contributed by atoms with Crippen LogP contribution in [0.4, 0.5) is 0 Å². The van der Waals surface area contributed by atoms with Crippen LogP contribution < -0.4 is 0 Å². The van der Waals surface area contributed by atoms with E-state index in [-0.39, 0.29) is 11.8 Å². The van der Waals surface area contributed by atoms with E-state index in [1.165, 1.54) is 0 Å². The van der Waals surface area contributed by atoms with E-state index in [0.29, 0.717) is 48.2 Å². The number of carbonyl (C=O) groups is 1. The molecule has 30 heavy (non-hydrogen) atoms. The molecular formula is C22H29N3O4S. The fourth-order valence-corrected chi connectivity index (χ4v) is 6.11. The summed E-state index contributed by atoms with van der Waals surface area (Å²) in [5, 5.41) is 0. The summed E-state index contributed by atoms with van der Waals surface area (Å²) >= 11 is 0. The van der Waals surface area contributed by atoms with Crippen molar-refractivity contribution in [1.82, 2.24) is 14.2 Å². The Hall–Kier alpha value is -2.19. The van der Waals surface area contributed by atoms with Crippen LogP contribution in [-0.4, -0.2) is 54.7 Å². The second-order valence-electron chi connectivity index (χ2n) is 8.40. The molecule has 2 aromatic rings. The first-order chi connectivity index (χ1) is 14.3. The highest BCUT2D eigenvalue weighted by atomic mass is 32.2. The van der Waals surface area contributed by atoms with E-state index < -0.39 is 10.0 Å². The standard InChI is InChI=1S/C22H29N3O4S/c1-15-6-7-16(2)19(14-15)30(27,28)25-12-8-18(9-13-25)21-23-20(17(3)29-21)22(26)24-10-4-5-11-24/h6-7,14,18H,4-5,8-13H2,1-3H3. The Morgan fingerprint density at radius 2 is 1.73 bits per heavy atom. The molecule has 2 aliphatic heterocycles. The molecule has 8 heteroatoms. The average Bonchev–Trinajstić information content (AvgIpc) is 3.39. The van der Waals surface area contributed by atoms with Gasteiger partial charge < -0.3 is 9.32 Å². The van der Waals surface area contributed by atoms with Gasteiger partial charge >= 0.3 is 0 Å². The molecule has 2 saturated heterocycles. The Kier molecular flexibility index (Phi) is 5.72. The van der Waals surface area contributed by atoms with E-state index in [1.807, 2.05) is 30.9 Å². The van der Waals surface area contributed by atoms with Crippen molar-refractivity contribution in [3.63, 3.8) is 0 Å². The number of rotatable bonds is 4. The van der Waals surface area contributed by atoms with Crippen LogP contribution in [0.15, 0.2) is 27.5 Å². The molecule has 0 atom stereocenters. The summed E-state index contributed by atoms with van der Waals surface area (Å²) in [6, 6.07) is 5.51. The van der Waals surface area contributed by atoms with Crippen LogP contribution in [0.25, 0.3) is 0 Å². The van der Waals surface area contributed by atoms with Crippen molar-refractivity contribution in [2.24, 2.45) is 0 Å². The highest BCUT2D eigenvalue weighted by Gasteiger charge is 2.34. The highest BCUT2D eigenvalue weighted by Crippen LogP contribution is 2.32. The van der Waals surface area contributed by atoms with Gasteiger partial charge in [-0.05, 0) is 63.6 Å². The van der Waals surface area contributed by atoms with Crippen LogP contribution in [0.2, 0.25) is 0 Å². The zero-order valence-corrected chi connectivity index (χ0v) is 18.7. The lowest BCUT2D eigenvalue weighted by Gasteiger charge is -2.30. The lowest BCUT2D eigenvalue weighted by molar-refractivity contribution is 0.0786. The molecule has 0 bridgehead atoms. The van der Waals surface area contributed by atoms with Crippen molar-refractivity contribution in [1.29, 1.82) is 0 Å². The van der Waals surface area contributed by atoms with Crippen LogP contribution in [0, 0.1) is 20.8 Å². The summed E-state index contributed by atoms with van der Waals surface area (Å²) < 4.78 is 33.7. The molecule has 2 aliphatic rings. The maximum Gasteiger partial charge on any atom is 0.276 e. The molecule has 0 aliphatic carbocycles. The van der Waals surface area contributed by atoms with Crippen LogP contribution in [-0.2, 0) is 10.0 Å². The maximum absolute atomic E-state index is 13.1. The van der Waals surface area contributed by atoms with Crippen LogP contribution >= 0.6 is 0 Å². The number of hydrogen-bond donors (Lipinski definition) is 0. The van der Waals surface area contributed by atoms with Gasteiger partial charge in [0.05, 0.1) is 4.90 Å². The summed E-state index contributed by atoms with van der Waals surface area (Å²) in [5.74, 6) is 1.06. The number of amides is 1. The number of piperidine rings is 1. The number of oxazole rings is 1. The molecule has 4 rings (SSSR count). The number of sulfonamides is 1. The number of carbonyl (C=O) groups excluding carboxylic acids is 1. The summed E-state index contributed by atoms with van der Waals surface area (Å²) in [6.45, 7) is 7.88. The summed E-state index contributed by atoms with van der Waals surface area (Å²) in [4.78, 5) is 19.4. The summed E-state index contributed by atoms with van der Waals surface area (Å²) in [6.07, 6.45) is 3.31. The number of hydrogen-bond acceptors (Lipinski definition) is 5. The van der Waals surface area contributed by atoms with Gasteiger partial charge in [0.2, 0.25) is 10.0 Å². The molecule has 162 valence electrons. The Labute approximate surface area is 178 Å². The largest absolute Gasteiger partial charge is 0.445 e. The third kappa shape index (κ3) is 3.90. The molecule has 1 aromatic heterocycles. The second-order valence-corrected chi connectivity index (χ2v) is 10.3. The molecule has 1 aromatic carbocycles. The van der Waals surface area contributed by atoms with Gasteiger partial charge in [-0.2, -0.15) is 4.31 Å². The minimum atomic E-state index is -3.53. The summed E-state index contributed by atoms with van der Waals surface area (Å²) in [7, 11) is -3.53. The fourth-order valence-electron chi connectivity index (χ4n) is 4.33. The predicted octanol–water partition coefficient (Wildman–Crippen LogP) is 3.40. The molecule has 2 fully saturated rings. The highest BCUT2D eigenvalue weighted by molar-refractivity contribution is 7.89. The quantitative estimate of drug-likeness (QED) is 0.741. The Morgan fingerprint density at radius 1 is 1.07 bits per heavy atom. The van der Waals surface area contributed by atoms with Gasteiger partial charge in [-0.25, -0.2) is 13.4 Å².